The second kappa shape index (κ2) is 3.69. The highest BCUT2D eigenvalue weighted by Gasteiger charge is 2.32. The average molecular weight is 171 g/mol. The standard InChI is InChI=1S/C8H13NO3/c1-2-3-9-5-6(8(11)12)4-7(9)10/h2,6,8,11-12H,1,3-5H2/t6-/m0/s1. The van der Waals surface area contributed by atoms with E-state index in [1.165, 1.54) is 0 Å². The minimum absolute atomic E-state index is 0.0343. The maximum atomic E-state index is 11.1. The molecule has 1 heterocycles. The minimum atomic E-state index is -1.39. The van der Waals surface area contributed by atoms with Gasteiger partial charge in [0, 0.05) is 25.4 Å². The maximum Gasteiger partial charge on any atom is 0.223 e. The average Bonchev–Trinajstić information content (AvgIpc) is 2.34. The van der Waals surface area contributed by atoms with Crippen LogP contribution < -0.4 is 0 Å². The summed E-state index contributed by atoms with van der Waals surface area (Å²) in [6.45, 7) is 4.42. The van der Waals surface area contributed by atoms with Gasteiger partial charge in [0.2, 0.25) is 5.91 Å². The molecule has 1 rings (SSSR count). The van der Waals surface area contributed by atoms with E-state index in [0.717, 1.165) is 0 Å². The van der Waals surface area contributed by atoms with Crippen molar-refractivity contribution < 1.29 is 15.0 Å². The molecule has 1 saturated heterocycles. The van der Waals surface area contributed by atoms with Crippen LogP contribution in [0.2, 0.25) is 0 Å². The van der Waals surface area contributed by atoms with E-state index in [9.17, 15) is 4.79 Å². The number of nitrogens with zero attached hydrogens (tertiary/aromatic N) is 1. The van der Waals surface area contributed by atoms with Gasteiger partial charge in [-0.3, -0.25) is 4.79 Å². The SMILES string of the molecule is C=CCN1C[C@@H](C(O)O)CC1=O. The van der Waals surface area contributed by atoms with E-state index in [1.807, 2.05) is 0 Å². The van der Waals surface area contributed by atoms with Crippen LogP contribution in [-0.2, 0) is 4.79 Å². The van der Waals surface area contributed by atoms with E-state index >= 15 is 0 Å². The Labute approximate surface area is 71.1 Å². The summed E-state index contributed by atoms with van der Waals surface area (Å²) in [5.74, 6) is -0.370. The number of hydrogen-bond donors (Lipinski definition) is 2. The van der Waals surface area contributed by atoms with Crippen molar-refractivity contribution in [3.05, 3.63) is 12.7 Å². The number of likely N-dealkylation sites (tertiary alicyclic amines) is 1. The van der Waals surface area contributed by atoms with E-state index in [0.29, 0.717) is 13.1 Å². The Morgan fingerprint density at radius 3 is 2.83 bits per heavy atom. The van der Waals surface area contributed by atoms with Crippen LogP contribution in [0, 0.1) is 5.92 Å². The summed E-state index contributed by atoms with van der Waals surface area (Å²) in [5, 5.41) is 17.6. The fourth-order valence-corrected chi connectivity index (χ4v) is 1.33. The zero-order valence-electron chi connectivity index (χ0n) is 6.81. The summed E-state index contributed by atoms with van der Waals surface area (Å²) in [4.78, 5) is 12.7. The Hall–Kier alpha value is -0.870. The first kappa shape index (κ1) is 9.22. The van der Waals surface area contributed by atoms with E-state index in [1.54, 1.807) is 11.0 Å². The predicted molar refractivity (Wildman–Crippen MR) is 43.1 cm³/mol. The third-order valence-electron chi connectivity index (χ3n) is 2.02. The van der Waals surface area contributed by atoms with Crippen LogP contribution >= 0.6 is 0 Å². The van der Waals surface area contributed by atoms with Gasteiger partial charge < -0.3 is 15.1 Å². The van der Waals surface area contributed by atoms with Crippen molar-refractivity contribution in [1.82, 2.24) is 4.90 Å². The molecule has 2 N–H and O–H groups in total. The largest absolute Gasteiger partial charge is 0.368 e. The lowest BCUT2D eigenvalue weighted by molar-refractivity contribution is -0.127. The fraction of sp³-hybridized carbons (Fsp3) is 0.625. The van der Waals surface area contributed by atoms with Crippen molar-refractivity contribution in [2.45, 2.75) is 12.7 Å². The van der Waals surface area contributed by atoms with Gasteiger partial charge in [-0.15, -0.1) is 6.58 Å². The van der Waals surface area contributed by atoms with Crippen LogP contribution in [0.4, 0.5) is 0 Å². The summed E-state index contributed by atoms with van der Waals surface area (Å²) in [6.07, 6.45) is 0.471. The molecular formula is C8H13NO3. The number of hydrogen-bond acceptors (Lipinski definition) is 3. The van der Waals surface area contributed by atoms with Gasteiger partial charge in [-0.05, 0) is 0 Å². The van der Waals surface area contributed by atoms with Gasteiger partial charge in [0.1, 0.15) is 0 Å². The highest BCUT2D eigenvalue weighted by Crippen LogP contribution is 2.19. The van der Waals surface area contributed by atoms with E-state index in [4.69, 9.17) is 10.2 Å². The van der Waals surface area contributed by atoms with Crippen LogP contribution in [0.1, 0.15) is 6.42 Å². The molecule has 0 aromatic rings. The molecule has 0 bridgehead atoms. The lowest BCUT2D eigenvalue weighted by atomic mass is 10.1. The van der Waals surface area contributed by atoms with Gasteiger partial charge in [-0.2, -0.15) is 0 Å². The third kappa shape index (κ3) is 1.84. The van der Waals surface area contributed by atoms with Gasteiger partial charge in [0.15, 0.2) is 6.29 Å². The molecule has 4 heteroatoms. The number of aliphatic hydroxyl groups excluding tert-OH is 1. The van der Waals surface area contributed by atoms with Crippen molar-refractivity contribution in [3.63, 3.8) is 0 Å². The van der Waals surface area contributed by atoms with E-state index in [-0.39, 0.29) is 18.2 Å². The number of rotatable bonds is 3. The molecule has 0 aliphatic carbocycles. The Morgan fingerprint density at radius 1 is 1.75 bits per heavy atom. The molecule has 0 aromatic carbocycles. The lowest BCUT2D eigenvalue weighted by Crippen LogP contribution is -2.27. The summed E-state index contributed by atoms with van der Waals surface area (Å²) in [7, 11) is 0. The van der Waals surface area contributed by atoms with Gasteiger partial charge in [0.25, 0.3) is 0 Å². The van der Waals surface area contributed by atoms with E-state index in [2.05, 4.69) is 6.58 Å². The van der Waals surface area contributed by atoms with Crippen LogP contribution in [-0.4, -0.2) is 40.4 Å². The molecule has 0 unspecified atom stereocenters. The van der Waals surface area contributed by atoms with Gasteiger partial charge in [-0.25, -0.2) is 0 Å². The molecule has 1 amide bonds. The van der Waals surface area contributed by atoms with Gasteiger partial charge in [-0.1, -0.05) is 6.08 Å². The summed E-state index contributed by atoms with van der Waals surface area (Å²) in [6, 6.07) is 0. The Morgan fingerprint density at radius 2 is 2.42 bits per heavy atom. The number of carbonyl (C=O) groups is 1. The highest BCUT2D eigenvalue weighted by molar-refractivity contribution is 5.78. The molecule has 1 atom stereocenters. The number of aliphatic hydroxyl groups is 2. The first-order valence-corrected chi connectivity index (χ1v) is 3.90. The first-order chi connectivity index (χ1) is 5.65. The van der Waals surface area contributed by atoms with Gasteiger partial charge >= 0.3 is 0 Å². The molecule has 0 spiro atoms. The second-order valence-corrected chi connectivity index (χ2v) is 2.97. The predicted octanol–water partition coefficient (Wildman–Crippen LogP) is -0.668. The number of amides is 1. The molecule has 1 aliphatic heterocycles. The van der Waals surface area contributed by atoms with Crippen molar-refractivity contribution in [2.75, 3.05) is 13.1 Å². The summed E-state index contributed by atoms with van der Waals surface area (Å²) in [5.41, 5.74) is 0. The molecule has 4 nitrogen and oxygen atoms in total. The van der Waals surface area contributed by atoms with Crippen LogP contribution in [0.15, 0.2) is 12.7 Å². The highest BCUT2D eigenvalue weighted by atomic mass is 16.5. The minimum Gasteiger partial charge on any atom is -0.368 e. The Bertz CT molecular complexity index is 191. The van der Waals surface area contributed by atoms with Crippen molar-refractivity contribution >= 4 is 5.91 Å². The first-order valence-electron chi connectivity index (χ1n) is 3.90. The maximum absolute atomic E-state index is 11.1. The molecule has 0 radical (unpaired) electrons. The van der Waals surface area contributed by atoms with Crippen LogP contribution in [0.25, 0.3) is 0 Å². The molecule has 0 aromatic heterocycles. The normalized spacial score (nSPS) is 23.8. The molecule has 1 aliphatic rings. The zero-order chi connectivity index (χ0) is 9.14. The topological polar surface area (TPSA) is 60.8 Å². The monoisotopic (exact) mass is 171 g/mol. The molecule has 0 saturated carbocycles. The lowest BCUT2D eigenvalue weighted by Gasteiger charge is -2.14. The van der Waals surface area contributed by atoms with Crippen LogP contribution in [0.5, 0.6) is 0 Å². The third-order valence-corrected chi connectivity index (χ3v) is 2.02. The smallest absolute Gasteiger partial charge is 0.223 e. The summed E-state index contributed by atoms with van der Waals surface area (Å²) >= 11 is 0. The second-order valence-electron chi connectivity index (χ2n) is 2.97. The van der Waals surface area contributed by atoms with Crippen LogP contribution in [0.3, 0.4) is 0 Å². The van der Waals surface area contributed by atoms with Crippen molar-refractivity contribution in [2.24, 2.45) is 5.92 Å². The van der Waals surface area contributed by atoms with E-state index < -0.39 is 6.29 Å². The Balaban J connectivity index is 2.50. The van der Waals surface area contributed by atoms with Crippen molar-refractivity contribution in [1.29, 1.82) is 0 Å². The summed E-state index contributed by atoms with van der Waals surface area (Å²) < 4.78 is 0. The molecule has 12 heavy (non-hydrogen) atoms. The molecule has 1 fully saturated rings. The fourth-order valence-electron chi connectivity index (χ4n) is 1.33. The number of carbonyl (C=O) groups excluding carboxylic acids is 1. The molecule has 68 valence electrons. The van der Waals surface area contributed by atoms with Crippen molar-refractivity contribution in [3.8, 4) is 0 Å². The van der Waals surface area contributed by atoms with Gasteiger partial charge in [0.05, 0.1) is 0 Å². The molecular weight excluding hydrogens is 158 g/mol. The zero-order valence-corrected chi connectivity index (χ0v) is 6.81. The Kier molecular flexibility index (Phi) is 2.83. The quantitative estimate of drug-likeness (QED) is 0.437.